The van der Waals surface area contributed by atoms with Crippen molar-refractivity contribution in [2.24, 2.45) is 33.7 Å². The number of carbonyl (C=O) groups is 7. The Morgan fingerprint density at radius 1 is 0.703 bits per heavy atom. The average molecular weight is 532 g/mol. The number of guanidine groups is 1. The first kappa shape index (κ1) is 32.5. The lowest BCUT2D eigenvalue weighted by atomic mass is 10.1. The highest BCUT2D eigenvalue weighted by atomic mass is 16.4. The van der Waals surface area contributed by atoms with Crippen molar-refractivity contribution >= 4 is 47.4 Å². The number of rotatable bonds is 18. The number of carbonyl (C=O) groups excluding carboxylic acids is 5. The quantitative estimate of drug-likeness (QED) is 0.0449. The molecule has 37 heavy (non-hydrogen) atoms. The Bertz CT molecular complexity index is 905. The number of hydrogen-bond acceptors (Lipinski definition) is 9. The number of primary amides is 2. The molecule has 0 aromatic carbocycles. The summed E-state index contributed by atoms with van der Waals surface area (Å²) in [5.74, 6) is -8.12. The van der Waals surface area contributed by atoms with E-state index in [0.29, 0.717) is 0 Å². The van der Waals surface area contributed by atoms with E-state index >= 15 is 0 Å². The molecular weight excluding hydrogens is 498 g/mol. The second-order valence-corrected chi connectivity index (χ2v) is 7.85. The maximum absolute atomic E-state index is 12.8. The molecule has 0 aliphatic rings. The zero-order valence-corrected chi connectivity index (χ0v) is 19.8. The number of nitrogens with zero attached hydrogens (tertiary/aromatic N) is 1. The average Bonchev–Trinajstić information content (AvgIpc) is 2.77. The molecule has 0 spiro atoms. The lowest BCUT2D eigenvalue weighted by Crippen LogP contribution is -2.57. The fourth-order valence-corrected chi connectivity index (χ4v) is 2.81. The summed E-state index contributed by atoms with van der Waals surface area (Å²) in [5.41, 5.74) is 26.3. The van der Waals surface area contributed by atoms with E-state index in [-0.39, 0.29) is 38.2 Å². The van der Waals surface area contributed by atoms with Crippen LogP contribution in [0.4, 0.5) is 0 Å². The first-order valence-electron chi connectivity index (χ1n) is 10.9. The normalized spacial score (nSPS) is 13.6. The zero-order chi connectivity index (χ0) is 28.7. The molecule has 0 rings (SSSR count). The van der Waals surface area contributed by atoms with Gasteiger partial charge in [-0.25, -0.2) is 4.79 Å². The fourth-order valence-electron chi connectivity index (χ4n) is 2.81. The van der Waals surface area contributed by atoms with Crippen molar-refractivity contribution in [1.29, 1.82) is 0 Å². The molecular formula is C19H33N9O9. The van der Waals surface area contributed by atoms with Crippen LogP contribution in [0.25, 0.3) is 0 Å². The standard InChI is InChI=1S/C19H33N9O9/c20-8(3-4-12(21)29)15(33)27-10(6-13(22)30)17(35)26-9(2-1-5-25-19(23)24)16(34)28-11(18(36)37)7-14(31)32/h8-11H,1-7,20H2,(H2,21,29)(H2,22,30)(H,26,35)(H,27,33)(H,28,34)(H,31,32)(H,36,37)(H4,23,24,25). The van der Waals surface area contributed by atoms with Gasteiger partial charge in [-0.3, -0.25) is 33.8 Å². The van der Waals surface area contributed by atoms with Crippen molar-refractivity contribution in [1.82, 2.24) is 16.0 Å². The molecule has 4 unspecified atom stereocenters. The van der Waals surface area contributed by atoms with Gasteiger partial charge in [0.1, 0.15) is 18.1 Å². The van der Waals surface area contributed by atoms with Crippen LogP contribution in [-0.4, -0.2) is 88.4 Å². The molecule has 5 amide bonds. The molecule has 208 valence electrons. The third-order valence-electron chi connectivity index (χ3n) is 4.65. The number of aliphatic carboxylic acids is 2. The molecule has 15 N–H and O–H groups in total. The van der Waals surface area contributed by atoms with Gasteiger partial charge in [0.25, 0.3) is 0 Å². The molecule has 0 aliphatic heterocycles. The summed E-state index contributed by atoms with van der Waals surface area (Å²) in [7, 11) is 0. The minimum atomic E-state index is -1.81. The Morgan fingerprint density at radius 3 is 1.73 bits per heavy atom. The lowest BCUT2D eigenvalue weighted by Gasteiger charge is -2.24. The Morgan fingerprint density at radius 2 is 1.24 bits per heavy atom. The maximum Gasteiger partial charge on any atom is 0.326 e. The van der Waals surface area contributed by atoms with Gasteiger partial charge in [0, 0.05) is 13.0 Å². The van der Waals surface area contributed by atoms with E-state index in [0.717, 1.165) is 0 Å². The third-order valence-corrected chi connectivity index (χ3v) is 4.65. The Labute approximate surface area is 210 Å². The van der Waals surface area contributed by atoms with Crippen LogP contribution in [0.15, 0.2) is 4.99 Å². The fraction of sp³-hybridized carbons (Fsp3) is 0.579. The molecule has 0 bridgehead atoms. The van der Waals surface area contributed by atoms with E-state index in [1.54, 1.807) is 0 Å². The minimum Gasteiger partial charge on any atom is -0.481 e. The van der Waals surface area contributed by atoms with Gasteiger partial charge in [-0.05, 0) is 19.3 Å². The van der Waals surface area contributed by atoms with Gasteiger partial charge < -0.3 is 54.8 Å². The Hall–Kier alpha value is -4.48. The summed E-state index contributed by atoms with van der Waals surface area (Å²) in [5, 5.41) is 24.5. The van der Waals surface area contributed by atoms with E-state index in [2.05, 4.69) is 15.6 Å². The summed E-state index contributed by atoms with van der Waals surface area (Å²) < 4.78 is 0. The maximum atomic E-state index is 12.8. The van der Waals surface area contributed by atoms with Crippen LogP contribution in [0.2, 0.25) is 0 Å². The van der Waals surface area contributed by atoms with Crippen LogP contribution in [0.3, 0.4) is 0 Å². The van der Waals surface area contributed by atoms with Gasteiger partial charge in [0.2, 0.25) is 29.5 Å². The largest absolute Gasteiger partial charge is 0.481 e. The molecule has 4 atom stereocenters. The van der Waals surface area contributed by atoms with E-state index < -0.39 is 78.5 Å². The summed E-state index contributed by atoms with van der Waals surface area (Å²) in [6, 6.07) is -6.12. The third kappa shape index (κ3) is 14.5. The molecule has 0 saturated heterocycles. The summed E-state index contributed by atoms with van der Waals surface area (Å²) in [6.45, 7) is 0.0234. The van der Waals surface area contributed by atoms with Gasteiger partial charge in [-0.2, -0.15) is 0 Å². The topological polar surface area (TPSA) is 338 Å². The van der Waals surface area contributed by atoms with Crippen molar-refractivity contribution in [3.05, 3.63) is 0 Å². The highest BCUT2D eigenvalue weighted by Gasteiger charge is 2.31. The molecule has 18 heteroatoms. The number of amides is 5. The molecule has 0 aromatic heterocycles. The Kier molecular flexibility index (Phi) is 14.3. The Balaban J connectivity index is 5.66. The summed E-state index contributed by atoms with van der Waals surface area (Å²) in [4.78, 5) is 86.2. The molecule has 18 nitrogen and oxygen atoms in total. The highest BCUT2D eigenvalue weighted by Crippen LogP contribution is 2.04. The zero-order valence-electron chi connectivity index (χ0n) is 19.8. The number of nitrogens with two attached hydrogens (primary N) is 5. The van der Waals surface area contributed by atoms with Crippen molar-refractivity contribution in [2.45, 2.75) is 62.7 Å². The monoisotopic (exact) mass is 531 g/mol. The summed E-state index contributed by atoms with van der Waals surface area (Å²) >= 11 is 0. The first-order valence-corrected chi connectivity index (χ1v) is 10.9. The van der Waals surface area contributed by atoms with Crippen molar-refractivity contribution in [3.63, 3.8) is 0 Å². The van der Waals surface area contributed by atoms with Gasteiger partial charge >= 0.3 is 11.9 Å². The number of aliphatic imine (C=N–C) groups is 1. The second kappa shape index (κ2) is 16.2. The van der Waals surface area contributed by atoms with E-state index in [9.17, 15) is 38.7 Å². The van der Waals surface area contributed by atoms with Crippen molar-refractivity contribution < 1.29 is 43.8 Å². The number of hydrogen-bond donors (Lipinski definition) is 10. The molecule has 0 radical (unpaired) electrons. The van der Waals surface area contributed by atoms with Crippen LogP contribution in [0.5, 0.6) is 0 Å². The van der Waals surface area contributed by atoms with Crippen LogP contribution >= 0.6 is 0 Å². The molecule has 0 heterocycles. The number of carboxylic acid groups (broad SMARTS) is 2. The van der Waals surface area contributed by atoms with Gasteiger partial charge in [0.05, 0.1) is 18.9 Å². The smallest absolute Gasteiger partial charge is 0.326 e. The summed E-state index contributed by atoms with van der Waals surface area (Å²) in [6.07, 6.45) is -2.05. The molecule has 0 saturated carbocycles. The molecule has 0 fully saturated rings. The van der Waals surface area contributed by atoms with Gasteiger partial charge in [-0.1, -0.05) is 0 Å². The van der Waals surface area contributed by atoms with E-state index in [1.807, 2.05) is 5.32 Å². The predicted octanol–water partition coefficient (Wildman–Crippen LogP) is -5.48. The molecule has 0 aliphatic carbocycles. The number of nitrogens with one attached hydrogen (secondary N) is 3. The molecule has 0 aromatic rings. The van der Waals surface area contributed by atoms with E-state index in [1.165, 1.54) is 0 Å². The van der Waals surface area contributed by atoms with E-state index in [4.69, 9.17) is 33.8 Å². The lowest BCUT2D eigenvalue weighted by molar-refractivity contribution is -0.147. The predicted molar refractivity (Wildman–Crippen MR) is 126 cm³/mol. The van der Waals surface area contributed by atoms with Gasteiger partial charge in [0.15, 0.2) is 5.96 Å². The number of carboxylic acids is 2. The minimum absolute atomic E-state index is 0.0234. The second-order valence-electron chi connectivity index (χ2n) is 7.85. The first-order chi connectivity index (χ1) is 17.1. The SMILES string of the molecule is NC(=O)CCC(N)C(=O)NC(CC(N)=O)C(=O)NC(CCCN=C(N)N)C(=O)NC(CC(=O)O)C(=O)O. The van der Waals surface area contributed by atoms with Crippen molar-refractivity contribution in [3.8, 4) is 0 Å². The van der Waals surface area contributed by atoms with Crippen molar-refractivity contribution in [2.75, 3.05) is 6.54 Å². The van der Waals surface area contributed by atoms with Gasteiger partial charge in [-0.15, -0.1) is 0 Å². The van der Waals surface area contributed by atoms with Crippen LogP contribution in [0, 0.1) is 0 Å². The van der Waals surface area contributed by atoms with Crippen LogP contribution in [0.1, 0.15) is 38.5 Å². The van der Waals surface area contributed by atoms with Crippen LogP contribution < -0.4 is 44.6 Å². The van der Waals surface area contributed by atoms with Crippen LogP contribution in [-0.2, 0) is 33.6 Å². The highest BCUT2D eigenvalue weighted by molar-refractivity contribution is 5.96.